The minimum atomic E-state index is -1.14. The highest BCUT2D eigenvalue weighted by Gasteiger charge is 2.08. The molecule has 1 N–H and O–H groups in total. The predicted octanol–water partition coefficient (Wildman–Crippen LogP) is 0.363. The first-order valence-electron chi connectivity index (χ1n) is 4.90. The summed E-state index contributed by atoms with van der Waals surface area (Å²) < 4.78 is 6.23. The molecule has 0 spiro atoms. The van der Waals surface area contributed by atoms with Crippen molar-refractivity contribution < 1.29 is 14.6 Å². The molecule has 0 aliphatic heterocycles. The van der Waals surface area contributed by atoms with E-state index >= 15 is 0 Å². The summed E-state index contributed by atoms with van der Waals surface area (Å²) in [6.45, 7) is 3.94. The van der Waals surface area contributed by atoms with Crippen molar-refractivity contribution >= 4 is 5.97 Å². The van der Waals surface area contributed by atoms with Crippen LogP contribution in [0.15, 0.2) is 17.2 Å². The molecule has 6 nitrogen and oxygen atoms in total. The van der Waals surface area contributed by atoms with Crippen LogP contribution in [0.25, 0.3) is 0 Å². The molecule has 88 valence electrons. The van der Waals surface area contributed by atoms with Crippen LogP contribution in [0.4, 0.5) is 0 Å². The van der Waals surface area contributed by atoms with Gasteiger partial charge in [0, 0.05) is 18.9 Å². The molecular formula is C10H14N2O4. The number of ether oxygens (including phenoxy) is 1. The minimum absolute atomic E-state index is 0.175. The van der Waals surface area contributed by atoms with E-state index in [4.69, 9.17) is 9.84 Å². The number of aromatic nitrogens is 2. The SMILES string of the molecule is CC(C)Cn1ccnc(OCC(=O)O)c1=O. The van der Waals surface area contributed by atoms with Crippen molar-refractivity contribution in [2.75, 3.05) is 6.61 Å². The van der Waals surface area contributed by atoms with Gasteiger partial charge in [-0.2, -0.15) is 0 Å². The summed E-state index contributed by atoms with van der Waals surface area (Å²) in [7, 11) is 0. The molecule has 0 radical (unpaired) electrons. The van der Waals surface area contributed by atoms with Gasteiger partial charge in [0.05, 0.1) is 0 Å². The Hall–Kier alpha value is -1.85. The van der Waals surface area contributed by atoms with E-state index in [1.165, 1.54) is 10.8 Å². The van der Waals surface area contributed by atoms with Gasteiger partial charge in [0.2, 0.25) is 0 Å². The van der Waals surface area contributed by atoms with E-state index in [-0.39, 0.29) is 5.88 Å². The molecule has 6 heteroatoms. The lowest BCUT2D eigenvalue weighted by molar-refractivity contribution is -0.139. The summed E-state index contributed by atoms with van der Waals surface area (Å²) in [5.41, 5.74) is -0.405. The molecule has 1 aromatic heterocycles. The number of hydrogen-bond donors (Lipinski definition) is 1. The maximum absolute atomic E-state index is 11.7. The van der Waals surface area contributed by atoms with Crippen LogP contribution in [-0.4, -0.2) is 27.2 Å². The van der Waals surface area contributed by atoms with Crippen molar-refractivity contribution in [1.29, 1.82) is 0 Å². The maximum Gasteiger partial charge on any atom is 0.341 e. The number of carboxylic acids is 1. The van der Waals surface area contributed by atoms with Gasteiger partial charge in [0.25, 0.3) is 5.88 Å². The summed E-state index contributed by atoms with van der Waals surface area (Å²) in [6.07, 6.45) is 2.97. The molecule has 1 rings (SSSR count). The number of aliphatic carboxylic acids is 1. The van der Waals surface area contributed by atoms with E-state index in [9.17, 15) is 9.59 Å². The molecule has 0 bridgehead atoms. The van der Waals surface area contributed by atoms with Crippen molar-refractivity contribution in [1.82, 2.24) is 9.55 Å². The van der Waals surface area contributed by atoms with E-state index in [0.717, 1.165) is 0 Å². The highest BCUT2D eigenvalue weighted by atomic mass is 16.5. The Balaban J connectivity index is 2.86. The van der Waals surface area contributed by atoms with Gasteiger partial charge >= 0.3 is 11.5 Å². The van der Waals surface area contributed by atoms with Gasteiger partial charge in [-0.25, -0.2) is 9.78 Å². The Morgan fingerprint density at radius 1 is 1.62 bits per heavy atom. The molecular weight excluding hydrogens is 212 g/mol. The first-order valence-corrected chi connectivity index (χ1v) is 4.90. The molecule has 0 aliphatic carbocycles. The molecule has 0 aromatic carbocycles. The number of nitrogens with zero attached hydrogens (tertiary/aromatic N) is 2. The summed E-state index contributed by atoms with van der Waals surface area (Å²) in [5, 5.41) is 8.42. The van der Waals surface area contributed by atoms with Crippen LogP contribution in [0.2, 0.25) is 0 Å². The van der Waals surface area contributed by atoms with Crippen LogP contribution >= 0.6 is 0 Å². The highest BCUT2D eigenvalue weighted by molar-refractivity contribution is 5.68. The Morgan fingerprint density at radius 3 is 2.88 bits per heavy atom. The van der Waals surface area contributed by atoms with Crippen molar-refractivity contribution in [3.05, 3.63) is 22.7 Å². The fourth-order valence-corrected chi connectivity index (χ4v) is 1.19. The average molecular weight is 226 g/mol. The third-order valence-electron chi connectivity index (χ3n) is 1.78. The van der Waals surface area contributed by atoms with Crippen LogP contribution in [0, 0.1) is 5.92 Å². The predicted molar refractivity (Wildman–Crippen MR) is 56.5 cm³/mol. The maximum atomic E-state index is 11.7. The molecule has 1 heterocycles. The van der Waals surface area contributed by atoms with Crippen molar-refractivity contribution in [3.63, 3.8) is 0 Å². The van der Waals surface area contributed by atoms with Crippen LogP contribution in [0.5, 0.6) is 5.88 Å². The smallest absolute Gasteiger partial charge is 0.341 e. The number of carboxylic acid groups (broad SMARTS) is 1. The van der Waals surface area contributed by atoms with Gasteiger partial charge in [-0.1, -0.05) is 13.8 Å². The molecule has 0 aliphatic rings. The summed E-state index contributed by atoms with van der Waals surface area (Å²) >= 11 is 0. The monoisotopic (exact) mass is 226 g/mol. The molecule has 0 saturated heterocycles. The molecule has 0 unspecified atom stereocenters. The second-order valence-corrected chi connectivity index (χ2v) is 3.77. The molecule has 0 fully saturated rings. The molecule has 16 heavy (non-hydrogen) atoms. The van der Waals surface area contributed by atoms with Gasteiger partial charge in [-0.05, 0) is 5.92 Å². The Morgan fingerprint density at radius 2 is 2.31 bits per heavy atom. The van der Waals surface area contributed by atoms with Crippen LogP contribution in [0.1, 0.15) is 13.8 Å². The van der Waals surface area contributed by atoms with Crippen molar-refractivity contribution in [2.45, 2.75) is 20.4 Å². The standard InChI is InChI=1S/C10H14N2O4/c1-7(2)5-12-4-3-11-9(10(12)15)16-6-8(13)14/h3-4,7H,5-6H2,1-2H3,(H,13,14). The Bertz CT molecular complexity index is 425. The lowest BCUT2D eigenvalue weighted by Gasteiger charge is -2.09. The zero-order chi connectivity index (χ0) is 12.1. The normalized spacial score (nSPS) is 10.4. The lowest BCUT2D eigenvalue weighted by Crippen LogP contribution is -2.25. The van der Waals surface area contributed by atoms with Crippen LogP contribution < -0.4 is 10.3 Å². The number of rotatable bonds is 5. The van der Waals surface area contributed by atoms with Gasteiger partial charge < -0.3 is 14.4 Å². The quantitative estimate of drug-likeness (QED) is 0.784. The number of hydrogen-bond acceptors (Lipinski definition) is 4. The third kappa shape index (κ3) is 3.38. The topological polar surface area (TPSA) is 81.4 Å². The van der Waals surface area contributed by atoms with Gasteiger partial charge in [0.1, 0.15) is 0 Å². The zero-order valence-corrected chi connectivity index (χ0v) is 9.21. The first-order chi connectivity index (χ1) is 7.50. The highest BCUT2D eigenvalue weighted by Crippen LogP contribution is 2.00. The van der Waals surface area contributed by atoms with E-state index in [1.54, 1.807) is 6.20 Å². The van der Waals surface area contributed by atoms with Crippen molar-refractivity contribution in [3.8, 4) is 5.88 Å². The van der Waals surface area contributed by atoms with E-state index in [1.807, 2.05) is 13.8 Å². The molecule has 0 amide bonds. The molecule has 0 saturated carbocycles. The van der Waals surface area contributed by atoms with E-state index < -0.39 is 18.1 Å². The van der Waals surface area contributed by atoms with E-state index in [0.29, 0.717) is 12.5 Å². The van der Waals surface area contributed by atoms with Crippen LogP contribution in [0.3, 0.4) is 0 Å². The van der Waals surface area contributed by atoms with E-state index in [2.05, 4.69) is 4.98 Å². The lowest BCUT2D eigenvalue weighted by atomic mass is 10.2. The molecule has 0 atom stereocenters. The molecule has 1 aromatic rings. The summed E-state index contributed by atoms with van der Waals surface area (Å²) in [6, 6.07) is 0. The fraction of sp³-hybridized carbons (Fsp3) is 0.500. The van der Waals surface area contributed by atoms with Gasteiger partial charge in [-0.3, -0.25) is 4.79 Å². The largest absolute Gasteiger partial charge is 0.479 e. The summed E-state index contributed by atoms with van der Waals surface area (Å²) in [4.78, 5) is 25.7. The van der Waals surface area contributed by atoms with Gasteiger partial charge in [0.15, 0.2) is 6.61 Å². The third-order valence-corrected chi connectivity index (χ3v) is 1.78. The zero-order valence-electron chi connectivity index (χ0n) is 9.21. The minimum Gasteiger partial charge on any atom is -0.479 e. The first kappa shape index (κ1) is 12.2. The Kier molecular flexibility index (Phi) is 4.04. The second-order valence-electron chi connectivity index (χ2n) is 3.77. The van der Waals surface area contributed by atoms with Crippen LogP contribution in [-0.2, 0) is 11.3 Å². The second kappa shape index (κ2) is 5.29. The van der Waals surface area contributed by atoms with Gasteiger partial charge in [-0.15, -0.1) is 0 Å². The van der Waals surface area contributed by atoms with Crippen molar-refractivity contribution in [2.24, 2.45) is 5.92 Å². The average Bonchev–Trinajstić information content (AvgIpc) is 2.18. The summed E-state index contributed by atoms with van der Waals surface area (Å²) in [5.74, 6) is -1.00. The number of carbonyl (C=O) groups is 1. The Labute approximate surface area is 92.5 Å². The fourth-order valence-electron chi connectivity index (χ4n) is 1.19.